The molecule has 0 saturated heterocycles. The first-order valence-corrected chi connectivity index (χ1v) is 45.6. The molecule has 8 heteroatoms. The molecule has 0 fully saturated rings. The van der Waals surface area contributed by atoms with Crippen molar-refractivity contribution < 1.29 is 9.53 Å². The van der Waals surface area contributed by atoms with Gasteiger partial charge in [0.2, 0.25) is 0 Å². The molecule has 6 heterocycles. The van der Waals surface area contributed by atoms with Crippen molar-refractivity contribution in [2.45, 2.75) is 278 Å². The maximum absolute atomic E-state index is 14.1. The Hall–Kier alpha value is -5.71. The fraction of sp³-hybridized carbons (Fsp3) is 0.463. The largest absolute Gasteiger partial charge is 0.462 e. The quantitative estimate of drug-likeness (QED) is 0.0282. The molecule has 0 radical (unpaired) electrons. The third-order valence-corrected chi connectivity index (χ3v) is 30.4. The van der Waals surface area contributed by atoms with Crippen molar-refractivity contribution in [1.82, 2.24) is 0 Å². The van der Waals surface area contributed by atoms with E-state index in [1.54, 1.807) is 16.2 Å². The average Bonchev–Trinajstić information content (AvgIpc) is 1.51. The van der Waals surface area contributed by atoms with Crippen molar-refractivity contribution in [2.75, 3.05) is 6.61 Å². The molecule has 2 aliphatic carbocycles. The number of hydrogen-bond donors (Lipinski definition) is 0. The highest BCUT2D eigenvalue weighted by molar-refractivity contribution is 7.31. The summed E-state index contributed by atoms with van der Waals surface area (Å²) < 4.78 is 8.73. The summed E-state index contributed by atoms with van der Waals surface area (Å²) in [5.41, 5.74) is 18.1. The minimum Gasteiger partial charge on any atom is -0.462 e. The highest BCUT2D eigenvalue weighted by Crippen LogP contribution is 2.67. The molecule has 2 nitrogen and oxygen atoms in total. The number of hydrogen-bond acceptors (Lipinski definition) is 8. The lowest BCUT2D eigenvalue weighted by Gasteiger charge is -2.35. The number of carbonyl (C=O) groups excluding carboxylic acids is 1. The number of unbranched alkanes of at least 4 members (excludes halogenated alkanes) is 22. The van der Waals surface area contributed by atoms with E-state index in [4.69, 9.17) is 4.74 Å². The Balaban J connectivity index is 1.04. The van der Waals surface area contributed by atoms with Gasteiger partial charge < -0.3 is 4.74 Å². The van der Waals surface area contributed by atoms with Gasteiger partial charge in [0.1, 0.15) is 4.88 Å². The molecule has 0 saturated carbocycles. The monoisotopic (exact) mass is 1480 g/mol. The van der Waals surface area contributed by atoms with Crippen LogP contribution in [0.15, 0.2) is 133 Å². The molecular weight excluding hydrogens is 1370 g/mol. The smallest absolute Gasteiger partial charge is 0.348 e. The van der Waals surface area contributed by atoms with Gasteiger partial charge in [-0.1, -0.05) is 280 Å². The van der Waals surface area contributed by atoms with Crippen molar-refractivity contribution >= 4 is 94.2 Å². The number of ether oxygens (including phenoxy) is 1. The van der Waals surface area contributed by atoms with Crippen LogP contribution in [0.4, 0.5) is 0 Å². The first-order chi connectivity index (χ1) is 50.6. The second kappa shape index (κ2) is 35.8. The third-order valence-electron chi connectivity index (χ3n) is 22.9. The summed E-state index contributed by atoms with van der Waals surface area (Å²) in [6.07, 6.45) is 40.4. The zero-order valence-corrected chi connectivity index (χ0v) is 68.4. The zero-order chi connectivity index (χ0) is 71.3. The van der Waals surface area contributed by atoms with Crippen LogP contribution < -0.4 is 0 Å². The van der Waals surface area contributed by atoms with Crippen molar-refractivity contribution in [2.24, 2.45) is 0 Å². The van der Waals surface area contributed by atoms with Crippen molar-refractivity contribution in [1.29, 1.82) is 0 Å². The molecule has 5 aromatic carbocycles. The second-order valence-corrected chi connectivity index (χ2v) is 37.1. The summed E-state index contributed by atoms with van der Waals surface area (Å²) in [5.74, 6) is -0.186. The molecular formula is C95H114O2S6. The van der Waals surface area contributed by atoms with Crippen LogP contribution in [-0.2, 0) is 47.7 Å². The number of fused-ring (bicyclic) bond motifs is 8. The van der Waals surface area contributed by atoms with E-state index < -0.39 is 10.8 Å². The van der Waals surface area contributed by atoms with E-state index in [1.165, 1.54) is 310 Å². The summed E-state index contributed by atoms with van der Waals surface area (Å²) in [4.78, 5) is 27.1. The highest BCUT2D eigenvalue weighted by Gasteiger charge is 2.53. The molecule has 0 spiro atoms. The van der Waals surface area contributed by atoms with Crippen LogP contribution in [0.25, 0.3) is 60.6 Å². The summed E-state index contributed by atoms with van der Waals surface area (Å²) in [7, 11) is 0. The highest BCUT2D eigenvalue weighted by atomic mass is 32.1. The van der Waals surface area contributed by atoms with Crippen LogP contribution in [0.2, 0.25) is 0 Å². The van der Waals surface area contributed by atoms with Crippen LogP contribution in [0, 0.1) is 13.8 Å². The maximum atomic E-state index is 14.1. The van der Waals surface area contributed by atoms with Gasteiger partial charge in [0, 0.05) is 44.9 Å². The van der Waals surface area contributed by atoms with Crippen molar-refractivity contribution in [3.8, 4) is 40.4 Å². The molecule has 0 atom stereocenters. The molecule has 0 unspecified atom stereocenters. The molecule has 13 rings (SSSR count). The van der Waals surface area contributed by atoms with Crippen LogP contribution in [0.5, 0.6) is 0 Å². The average molecular weight is 1480 g/mol. The van der Waals surface area contributed by atoms with Gasteiger partial charge in [-0.2, -0.15) is 0 Å². The van der Waals surface area contributed by atoms with E-state index in [2.05, 4.69) is 212 Å². The fourth-order valence-electron chi connectivity index (χ4n) is 17.1. The van der Waals surface area contributed by atoms with Gasteiger partial charge in [0.15, 0.2) is 0 Å². The fourth-order valence-corrected chi connectivity index (χ4v) is 24.9. The number of esters is 1. The number of thiophene rings is 6. The van der Waals surface area contributed by atoms with E-state index in [-0.39, 0.29) is 5.97 Å². The number of aryl methyl sites for hydroxylation is 7. The SMILES string of the molecule is CCCCCCCCOC(=O)c1cc2c(C)sc(-c3cc4c(s3)-c3cc5c(cc3C4(c3ccc(CCCCCC)cc3)c3ccc(CCCCCC)cc3)-c3sc(-c4sc(C)c6cc(CCCCCCCC)sc46)cc3C5(c3ccc(CCCCCC)cc3)c3ccc(CCCCCC)cc3)c2s1. The summed E-state index contributed by atoms with van der Waals surface area (Å²) in [6, 6.07) is 55.8. The van der Waals surface area contributed by atoms with Gasteiger partial charge in [0.05, 0.1) is 36.6 Å². The molecule has 6 aromatic heterocycles. The summed E-state index contributed by atoms with van der Waals surface area (Å²) in [6.45, 7) is 19.0. The Labute approximate surface area is 643 Å². The van der Waals surface area contributed by atoms with Gasteiger partial charge >= 0.3 is 5.97 Å². The number of rotatable bonds is 41. The van der Waals surface area contributed by atoms with Gasteiger partial charge in [-0.05, 0) is 199 Å². The minimum absolute atomic E-state index is 0.186. The van der Waals surface area contributed by atoms with E-state index in [9.17, 15) is 4.79 Å². The summed E-state index contributed by atoms with van der Waals surface area (Å²) >= 11 is 11.7. The Morgan fingerprint density at radius 2 is 0.650 bits per heavy atom. The van der Waals surface area contributed by atoms with E-state index in [0.29, 0.717) is 11.5 Å². The van der Waals surface area contributed by atoms with Crippen LogP contribution in [0.3, 0.4) is 0 Å². The number of benzene rings is 5. The molecule has 103 heavy (non-hydrogen) atoms. The molecule has 0 bridgehead atoms. The normalized spacial score (nSPS) is 13.4. The topological polar surface area (TPSA) is 26.3 Å². The first kappa shape index (κ1) is 75.5. The minimum atomic E-state index is -0.646. The Kier molecular flexibility index (Phi) is 26.2. The van der Waals surface area contributed by atoms with Crippen LogP contribution in [-0.4, -0.2) is 12.6 Å². The van der Waals surface area contributed by atoms with Crippen LogP contribution in [0.1, 0.15) is 312 Å². The third kappa shape index (κ3) is 16.0. The molecule has 0 amide bonds. The van der Waals surface area contributed by atoms with Gasteiger partial charge in [-0.15, -0.1) is 68.0 Å². The molecule has 542 valence electrons. The lowest BCUT2D eigenvalue weighted by atomic mass is 9.65. The lowest BCUT2D eigenvalue weighted by molar-refractivity contribution is 0.0503. The lowest BCUT2D eigenvalue weighted by Crippen LogP contribution is -2.30. The number of carbonyl (C=O) groups is 1. The predicted molar refractivity (Wildman–Crippen MR) is 456 cm³/mol. The molecule has 0 N–H and O–H groups in total. The Morgan fingerprint density at radius 1 is 0.320 bits per heavy atom. The summed E-state index contributed by atoms with van der Waals surface area (Å²) in [5, 5.41) is 2.64. The van der Waals surface area contributed by atoms with E-state index in [1.807, 2.05) is 34.0 Å². The van der Waals surface area contributed by atoms with E-state index >= 15 is 0 Å². The zero-order valence-electron chi connectivity index (χ0n) is 63.5. The maximum Gasteiger partial charge on any atom is 0.348 e. The Morgan fingerprint density at radius 3 is 1.04 bits per heavy atom. The van der Waals surface area contributed by atoms with Crippen LogP contribution >= 0.6 is 68.0 Å². The first-order valence-electron chi connectivity index (χ1n) is 40.7. The van der Waals surface area contributed by atoms with Crippen molar-refractivity contribution in [3.63, 3.8) is 0 Å². The molecule has 11 aromatic rings. The van der Waals surface area contributed by atoms with Crippen molar-refractivity contribution in [3.05, 3.63) is 220 Å². The van der Waals surface area contributed by atoms with Gasteiger partial charge in [-0.25, -0.2) is 4.79 Å². The standard InChI is InChI=1S/C95H114O2S6/c1-9-15-21-27-29-35-41-75-59-76-65(7)98-91(89(76)100-75)84-63-82-87(101-84)78-60-81-79(61-80(78)94(82,71-50-42-67(43-51-71)37-31-23-17-11-3)72-52-44-68(45-53-72)38-32-24-18-12-4)88-83(64-85(102-88)92-90-77(66(8)99-92)62-86(103-90)93(96)97-58-36-30-28-22-16-10-2)95(81,73-54-46-69(47-55-73)39-33-25-19-13-5)74-56-48-70(49-57-74)40-34-26-20-14-6/h42-57,59-64H,9-41,58H2,1-8H3. The predicted octanol–water partition coefficient (Wildman–Crippen LogP) is 31.0. The van der Waals surface area contributed by atoms with Gasteiger partial charge in [0.25, 0.3) is 0 Å². The molecule has 0 aliphatic heterocycles. The second-order valence-electron chi connectivity index (χ2n) is 30.4. The van der Waals surface area contributed by atoms with Gasteiger partial charge in [-0.3, -0.25) is 0 Å². The molecule has 2 aliphatic rings. The Bertz CT molecular complexity index is 4440. The van der Waals surface area contributed by atoms with E-state index in [0.717, 1.165) is 38.5 Å².